The van der Waals surface area contributed by atoms with Crippen molar-refractivity contribution in [2.24, 2.45) is 7.05 Å². The molecule has 1 aromatic carbocycles. The van der Waals surface area contributed by atoms with Gasteiger partial charge in [-0.3, -0.25) is 4.68 Å². The standard InChI is InChI=1S/C16H20N4O3/c1-10(2)11-5-7-12(8-6-11)17-16(22)18-13-9-20(3)19-14(13)15(21)23-4/h5-10H,1-4H3,(H2,17,18,22). The molecule has 0 saturated carbocycles. The van der Waals surface area contributed by atoms with E-state index in [4.69, 9.17) is 0 Å². The lowest BCUT2D eigenvalue weighted by Crippen LogP contribution is -2.20. The number of nitrogens with one attached hydrogen (secondary N) is 2. The van der Waals surface area contributed by atoms with Crippen LogP contribution < -0.4 is 10.6 Å². The van der Waals surface area contributed by atoms with Crippen molar-refractivity contribution in [3.8, 4) is 0 Å². The molecule has 0 bridgehead atoms. The van der Waals surface area contributed by atoms with Crippen molar-refractivity contribution < 1.29 is 14.3 Å². The maximum absolute atomic E-state index is 12.1. The summed E-state index contributed by atoms with van der Waals surface area (Å²) in [7, 11) is 2.91. The molecule has 0 atom stereocenters. The molecule has 1 aromatic heterocycles. The number of aromatic nitrogens is 2. The third-order valence-corrected chi connectivity index (χ3v) is 3.29. The van der Waals surface area contributed by atoms with Crippen LogP contribution in [0.25, 0.3) is 0 Å². The number of carbonyl (C=O) groups is 2. The number of nitrogens with zero attached hydrogens (tertiary/aromatic N) is 2. The van der Waals surface area contributed by atoms with E-state index < -0.39 is 12.0 Å². The van der Waals surface area contributed by atoms with Crippen LogP contribution in [0.5, 0.6) is 0 Å². The predicted octanol–water partition coefficient (Wildman–Crippen LogP) is 2.97. The molecule has 2 rings (SSSR count). The highest BCUT2D eigenvalue weighted by molar-refractivity contribution is 6.04. The Bertz CT molecular complexity index is 705. The topological polar surface area (TPSA) is 85.2 Å². The average molecular weight is 316 g/mol. The maximum atomic E-state index is 12.1. The van der Waals surface area contributed by atoms with E-state index in [1.807, 2.05) is 24.3 Å². The summed E-state index contributed by atoms with van der Waals surface area (Å²) in [5.74, 6) is -0.182. The molecule has 2 amide bonds. The summed E-state index contributed by atoms with van der Waals surface area (Å²) in [6.07, 6.45) is 1.54. The molecule has 7 nitrogen and oxygen atoms in total. The van der Waals surface area contributed by atoms with Crippen molar-refractivity contribution in [1.29, 1.82) is 0 Å². The molecule has 2 N–H and O–H groups in total. The zero-order chi connectivity index (χ0) is 17.0. The average Bonchev–Trinajstić information content (AvgIpc) is 2.87. The lowest BCUT2D eigenvalue weighted by Gasteiger charge is -2.09. The van der Waals surface area contributed by atoms with Gasteiger partial charge in [-0.1, -0.05) is 26.0 Å². The first kappa shape index (κ1) is 16.5. The first-order valence-electron chi connectivity index (χ1n) is 7.20. The quantitative estimate of drug-likeness (QED) is 0.849. The van der Waals surface area contributed by atoms with Crippen LogP contribution in [-0.2, 0) is 11.8 Å². The normalized spacial score (nSPS) is 10.5. The van der Waals surface area contributed by atoms with Crippen molar-refractivity contribution in [3.63, 3.8) is 0 Å². The number of aryl methyl sites for hydroxylation is 1. The Balaban J connectivity index is 2.06. The van der Waals surface area contributed by atoms with Crippen LogP contribution in [0, 0.1) is 0 Å². The number of hydrogen-bond donors (Lipinski definition) is 2. The van der Waals surface area contributed by atoms with Crippen molar-refractivity contribution in [2.45, 2.75) is 19.8 Å². The first-order valence-corrected chi connectivity index (χ1v) is 7.20. The molecule has 1 heterocycles. The van der Waals surface area contributed by atoms with Gasteiger partial charge in [0.25, 0.3) is 0 Å². The number of carbonyl (C=O) groups excluding carboxylic acids is 2. The van der Waals surface area contributed by atoms with Gasteiger partial charge in [-0.15, -0.1) is 0 Å². The van der Waals surface area contributed by atoms with Crippen molar-refractivity contribution in [1.82, 2.24) is 9.78 Å². The fraction of sp³-hybridized carbons (Fsp3) is 0.312. The fourth-order valence-electron chi connectivity index (χ4n) is 2.06. The summed E-state index contributed by atoms with van der Waals surface area (Å²) < 4.78 is 6.07. The van der Waals surface area contributed by atoms with Crippen LogP contribution in [-0.4, -0.2) is 28.9 Å². The third kappa shape index (κ3) is 4.09. The summed E-state index contributed by atoms with van der Waals surface area (Å²) in [6.45, 7) is 4.21. The smallest absolute Gasteiger partial charge is 0.360 e. The van der Waals surface area contributed by atoms with Gasteiger partial charge in [-0.25, -0.2) is 9.59 Å². The van der Waals surface area contributed by atoms with E-state index in [1.165, 1.54) is 23.6 Å². The monoisotopic (exact) mass is 316 g/mol. The lowest BCUT2D eigenvalue weighted by atomic mass is 10.0. The summed E-state index contributed by atoms with van der Waals surface area (Å²) in [5, 5.41) is 9.28. The van der Waals surface area contributed by atoms with Gasteiger partial charge in [-0.05, 0) is 23.6 Å². The number of methoxy groups -OCH3 is 1. The van der Waals surface area contributed by atoms with Crippen molar-refractivity contribution in [2.75, 3.05) is 17.7 Å². The summed E-state index contributed by atoms with van der Waals surface area (Å²) in [4.78, 5) is 23.7. The molecule has 2 aromatic rings. The molecular weight excluding hydrogens is 296 g/mol. The fourth-order valence-corrected chi connectivity index (χ4v) is 2.06. The van der Waals surface area contributed by atoms with Gasteiger partial charge < -0.3 is 15.4 Å². The Kier molecular flexibility index (Phi) is 5.00. The van der Waals surface area contributed by atoms with Crippen LogP contribution in [0.15, 0.2) is 30.5 Å². The second-order valence-corrected chi connectivity index (χ2v) is 5.41. The van der Waals surface area contributed by atoms with E-state index in [9.17, 15) is 9.59 Å². The molecule has 122 valence electrons. The Morgan fingerprint density at radius 3 is 2.39 bits per heavy atom. The SMILES string of the molecule is COC(=O)c1nn(C)cc1NC(=O)Nc1ccc(C(C)C)cc1. The highest BCUT2D eigenvalue weighted by atomic mass is 16.5. The minimum atomic E-state index is -0.609. The second-order valence-electron chi connectivity index (χ2n) is 5.41. The molecule has 0 aliphatic rings. The number of esters is 1. The highest BCUT2D eigenvalue weighted by Gasteiger charge is 2.18. The van der Waals surface area contributed by atoms with Gasteiger partial charge >= 0.3 is 12.0 Å². The van der Waals surface area contributed by atoms with E-state index >= 15 is 0 Å². The van der Waals surface area contributed by atoms with Gasteiger partial charge in [0.1, 0.15) is 0 Å². The molecule has 7 heteroatoms. The number of rotatable bonds is 4. The van der Waals surface area contributed by atoms with E-state index in [0.29, 0.717) is 11.6 Å². The van der Waals surface area contributed by atoms with Gasteiger partial charge in [0.2, 0.25) is 0 Å². The molecule has 0 spiro atoms. The molecule has 0 unspecified atom stereocenters. The number of anilines is 2. The van der Waals surface area contributed by atoms with E-state index in [-0.39, 0.29) is 11.4 Å². The number of ether oxygens (including phenoxy) is 1. The predicted molar refractivity (Wildman–Crippen MR) is 87.7 cm³/mol. The van der Waals surface area contributed by atoms with Gasteiger partial charge in [0, 0.05) is 18.9 Å². The zero-order valence-electron chi connectivity index (χ0n) is 13.6. The van der Waals surface area contributed by atoms with Gasteiger partial charge in [0.05, 0.1) is 12.8 Å². The Morgan fingerprint density at radius 2 is 1.83 bits per heavy atom. The maximum Gasteiger partial charge on any atom is 0.360 e. The van der Waals surface area contributed by atoms with Crippen molar-refractivity contribution >= 4 is 23.4 Å². The largest absolute Gasteiger partial charge is 0.464 e. The number of benzene rings is 1. The number of hydrogen-bond acceptors (Lipinski definition) is 4. The molecular formula is C16H20N4O3. The molecule has 0 saturated heterocycles. The molecule has 0 fully saturated rings. The molecule has 0 aliphatic heterocycles. The minimum absolute atomic E-state index is 0.0558. The molecule has 23 heavy (non-hydrogen) atoms. The minimum Gasteiger partial charge on any atom is -0.464 e. The summed E-state index contributed by atoms with van der Waals surface area (Å²) >= 11 is 0. The Labute approximate surface area is 134 Å². The second kappa shape index (κ2) is 6.95. The molecule has 0 radical (unpaired) electrons. The Hall–Kier alpha value is -2.83. The van der Waals surface area contributed by atoms with Crippen LogP contribution in [0.1, 0.15) is 35.8 Å². The van der Waals surface area contributed by atoms with Crippen LogP contribution in [0.3, 0.4) is 0 Å². The van der Waals surface area contributed by atoms with Crippen LogP contribution in [0.2, 0.25) is 0 Å². The third-order valence-electron chi connectivity index (χ3n) is 3.29. The van der Waals surface area contributed by atoms with Gasteiger partial charge in [-0.2, -0.15) is 5.10 Å². The highest BCUT2D eigenvalue weighted by Crippen LogP contribution is 2.18. The van der Waals surface area contributed by atoms with Crippen LogP contribution in [0.4, 0.5) is 16.2 Å². The van der Waals surface area contributed by atoms with E-state index in [2.05, 4.69) is 34.3 Å². The zero-order valence-corrected chi connectivity index (χ0v) is 13.6. The van der Waals surface area contributed by atoms with Crippen LogP contribution >= 0.6 is 0 Å². The van der Waals surface area contributed by atoms with E-state index in [0.717, 1.165) is 0 Å². The number of amides is 2. The number of urea groups is 1. The molecule has 0 aliphatic carbocycles. The first-order chi connectivity index (χ1) is 10.9. The van der Waals surface area contributed by atoms with Gasteiger partial charge in [0.15, 0.2) is 5.69 Å². The lowest BCUT2D eigenvalue weighted by molar-refractivity contribution is 0.0594. The summed E-state index contributed by atoms with van der Waals surface area (Å²) in [6, 6.07) is 7.13. The van der Waals surface area contributed by atoms with Crippen molar-refractivity contribution in [3.05, 3.63) is 41.7 Å². The van der Waals surface area contributed by atoms with E-state index in [1.54, 1.807) is 7.05 Å². The summed E-state index contributed by atoms with van der Waals surface area (Å²) in [5.41, 5.74) is 2.20. The Morgan fingerprint density at radius 1 is 1.17 bits per heavy atom.